The van der Waals surface area contributed by atoms with Crippen LogP contribution in [0.25, 0.3) is 0 Å². The average molecular weight is 246 g/mol. The minimum atomic E-state index is -0.319. The van der Waals surface area contributed by atoms with Crippen molar-refractivity contribution in [2.75, 3.05) is 0 Å². The average Bonchev–Trinajstić information content (AvgIpc) is 2.79. The van der Waals surface area contributed by atoms with Crippen LogP contribution < -0.4 is 0 Å². The van der Waals surface area contributed by atoms with Gasteiger partial charge < -0.3 is 9.52 Å². The molecule has 5 rings (SSSR count). The van der Waals surface area contributed by atoms with Crippen LogP contribution in [-0.4, -0.2) is 5.11 Å². The predicted octanol–water partition coefficient (Wildman–Crippen LogP) is 3.92. The fourth-order valence-corrected chi connectivity index (χ4v) is 5.53. The highest BCUT2D eigenvalue weighted by atomic mass is 16.3. The molecule has 1 aromatic heterocycles. The Bertz CT molecular complexity index is 385. The minimum Gasteiger partial charge on any atom is -0.472 e. The van der Waals surface area contributed by atoms with Gasteiger partial charge in [0.2, 0.25) is 0 Å². The van der Waals surface area contributed by atoms with Gasteiger partial charge in [0.15, 0.2) is 0 Å². The molecule has 2 nitrogen and oxygen atoms in total. The molecule has 2 heteroatoms. The van der Waals surface area contributed by atoms with Crippen LogP contribution in [0, 0.1) is 23.2 Å². The van der Waals surface area contributed by atoms with E-state index in [0.29, 0.717) is 5.41 Å². The van der Waals surface area contributed by atoms with Crippen molar-refractivity contribution in [3.63, 3.8) is 0 Å². The summed E-state index contributed by atoms with van der Waals surface area (Å²) < 4.78 is 5.10. The van der Waals surface area contributed by atoms with E-state index in [4.69, 9.17) is 4.42 Å². The van der Waals surface area contributed by atoms with Crippen LogP contribution in [0.4, 0.5) is 0 Å². The van der Waals surface area contributed by atoms with Crippen molar-refractivity contribution in [2.45, 2.75) is 51.0 Å². The maximum absolute atomic E-state index is 10.4. The zero-order valence-electron chi connectivity index (χ0n) is 10.8. The van der Waals surface area contributed by atoms with E-state index in [2.05, 4.69) is 0 Å². The van der Waals surface area contributed by atoms with Crippen LogP contribution in [-0.2, 0) is 0 Å². The first-order chi connectivity index (χ1) is 8.72. The van der Waals surface area contributed by atoms with Gasteiger partial charge in [0.25, 0.3) is 0 Å². The van der Waals surface area contributed by atoms with Gasteiger partial charge in [-0.25, -0.2) is 0 Å². The van der Waals surface area contributed by atoms with Gasteiger partial charge in [-0.05, 0) is 74.2 Å². The fraction of sp³-hybridized carbons (Fsp3) is 0.750. The van der Waals surface area contributed by atoms with Crippen molar-refractivity contribution >= 4 is 0 Å². The van der Waals surface area contributed by atoms with Gasteiger partial charge >= 0.3 is 0 Å². The molecule has 4 aliphatic carbocycles. The van der Waals surface area contributed by atoms with Gasteiger partial charge in [0.05, 0.1) is 18.6 Å². The molecule has 1 unspecified atom stereocenters. The molecule has 4 bridgehead atoms. The van der Waals surface area contributed by atoms with Crippen LogP contribution in [0.15, 0.2) is 23.0 Å². The molecular weight excluding hydrogens is 224 g/mol. The number of aliphatic hydroxyl groups is 1. The Morgan fingerprint density at radius 1 is 1.17 bits per heavy atom. The lowest BCUT2D eigenvalue weighted by Crippen LogP contribution is -2.46. The normalized spacial score (nSPS) is 43.3. The fourth-order valence-electron chi connectivity index (χ4n) is 5.53. The second-order valence-electron chi connectivity index (χ2n) is 7.19. The number of rotatable bonds is 3. The first-order valence-electron chi connectivity index (χ1n) is 7.43. The van der Waals surface area contributed by atoms with Crippen LogP contribution >= 0.6 is 0 Å². The second kappa shape index (κ2) is 3.86. The Balaban J connectivity index is 1.54. The van der Waals surface area contributed by atoms with Crippen molar-refractivity contribution in [1.82, 2.24) is 0 Å². The third-order valence-electron chi connectivity index (χ3n) is 5.72. The Hall–Kier alpha value is -0.760. The molecule has 18 heavy (non-hydrogen) atoms. The first kappa shape index (κ1) is 11.1. The quantitative estimate of drug-likeness (QED) is 0.877. The summed E-state index contributed by atoms with van der Waals surface area (Å²) in [6.07, 6.45) is 12.5. The van der Waals surface area contributed by atoms with E-state index in [1.807, 2.05) is 6.07 Å². The Kier molecular flexibility index (Phi) is 2.38. The lowest BCUT2D eigenvalue weighted by Gasteiger charge is -2.57. The van der Waals surface area contributed by atoms with Gasteiger partial charge in [0.1, 0.15) is 0 Å². The lowest BCUT2D eigenvalue weighted by molar-refractivity contribution is -0.0764. The van der Waals surface area contributed by atoms with E-state index >= 15 is 0 Å². The Morgan fingerprint density at radius 2 is 1.78 bits per heavy atom. The maximum Gasteiger partial charge on any atom is 0.0960 e. The van der Waals surface area contributed by atoms with Crippen molar-refractivity contribution in [1.29, 1.82) is 0 Å². The van der Waals surface area contributed by atoms with Gasteiger partial charge in [-0.3, -0.25) is 0 Å². The molecule has 0 amide bonds. The molecule has 98 valence electrons. The standard InChI is InChI=1S/C16H22O2/c17-15(14-1-2-18-10-14)9-16-6-11-3-12(7-16)5-13(4-11)8-16/h1-2,10-13,15,17H,3-9H2. The summed E-state index contributed by atoms with van der Waals surface area (Å²) in [7, 11) is 0. The lowest BCUT2D eigenvalue weighted by atomic mass is 9.48. The van der Waals surface area contributed by atoms with E-state index in [9.17, 15) is 5.11 Å². The molecule has 0 aliphatic heterocycles. The van der Waals surface area contributed by atoms with Crippen molar-refractivity contribution in [2.24, 2.45) is 23.2 Å². The topological polar surface area (TPSA) is 33.4 Å². The monoisotopic (exact) mass is 246 g/mol. The minimum absolute atomic E-state index is 0.319. The second-order valence-corrected chi connectivity index (χ2v) is 7.19. The molecule has 1 N–H and O–H groups in total. The van der Waals surface area contributed by atoms with E-state index in [1.54, 1.807) is 12.5 Å². The summed E-state index contributed by atoms with van der Waals surface area (Å²) in [4.78, 5) is 0. The highest BCUT2D eigenvalue weighted by Gasteiger charge is 2.51. The smallest absolute Gasteiger partial charge is 0.0960 e. The molecule has 1 heterocycles. The number of hydrogen-bond donors (Lipinski definition) is 1. The molecular formula is C16H22O2. The zero-order valence-corrected chi connectivity index (χ0v) is 10.8. The van der Waals surface area contributed by atoms with Gasteiger partial charge in [-0.2, -0.15) is 0 Å². The molecule has 4 aliphatic rings. The highest BCUT2D eigenvalue weighted by Crippen LogP contribution is 2.62. The Morgan fingerprint density at radius 3 is 2.28 bits per heavy atom. The van der Waals surface area contributed by atoms with E-state index in [-0.39, 0.29) is 6.10 Å². The van der Waals surface area contributed by atoms with Crippen LogP contribution in [0.2, 0.25) is 0 Å². The Labute approximate surface area is 108 Å². The van der Waals surface area contributed by atoms with Crippen LogP contribution in [0.5, 0.6) is 0 Å². The van der Waals surface area contributed by atoms with Crippen molar-refractivity contribution < 1.29 is 9.52 Å². The summed E-state index contributed by atoms with van der Waals surface area (Å²) >= 11 is 0. The largest absolute Gasteiger partial charge is 0.472 e. The molecule has 0 saturated heterocycles. The van der Waals surface area contributed by atoms with Gasteiger partial charge in [-0.15, -0.1) is 0 Å². The molecule has 1 aromatic rings. The van der Waals surface area contributed by atoms with E-state index < -0.39 is 0 Å². The van der Waals surface area contributed by atoms with E-state index in [1.165, 1.54) is 38.5 Å². The third-order valence-corrected chi connectivity index (χ3v) is 5.72. The van der Waals surface area contributed by atoms with Crippen LogP contribution in [0.3, 0.4) is 0 Å². The SMILES string of the molecule is OC(CC12CC3CC(CC(C3)C1)C2)c1ccoc1. The molecule has 4 fully saturated rings. The number of hydrogen-bond acceptors (Lipinski definition) is 2. The summed E-state index contributed by atoms with van der Waals surface area (Å²) in [6.45, 7) is 0. The summed E-state index contributed by atoms with van der Waals surface area (Å²) in [5.74, 6) is 2.90. The molecule has 0 spiro atoms. The predicted molar refractivity (Wildman–Crippen MR) is 68.9 cm³/mol. The summed E-state index contributed by atoms with van der Waals surface area (Å²) in [5, 5.41) is 10.4. The van der Waals surface area contributed by atoms with E-state index in [0.717, 1.165) is 29.7 Å². The molecule has 4 saturated carbocycles. The summed E-state index contributed by atoms with van der Waals surface area (Å²) in [5.41, 5.74) is 1.41. The maximum atomic E-state index is 10.4. The number of furan rings is 1. The molecule has 0 aromatic carbocycles. The van der Waals surface area contributed by atoms with Crippen LogP contribution in [0.1, 0.15) is 56.6 Å². The molecule has 1 atom stereocenters. The molecule has 0 radical (unpaired) electrons. The van der Waals surface area contributed by atoms with Crippen molar-refractivity contribution in [3.8, 4) is 0 Å². The zero-order chi connectivity index (χ0) is 12.2. The van der Waals surface area contributed by atoms with Gasteiger partial charge in [-0.1, -0.05) is 0 Å². The highest BCUT2D eigenvalue weighted by molar-refractivity contribution is 5.11. The number of aliphatic hydroxyl groups excluding tert-OH is 1. The first-order valence-corrected chi connectivity index (χ1v) is 7.43. The summed E-state index contributed by atoms with van der Waals surface area (Å²) in [6, 6.07) is 1.91. The van der Waals surface area contributed by atoms with Gasteiger partial charge in [0, 0.05) is 5.56 Å². The third kappa shape index (κ3) is 1.73. The van der Waals surface area contributed by atoms with Crippen molar-refractivity contribution in [3.05, 3.63) is 24.2 Å².